The summed E-state index contributed by atoms with van der Waals surface area (Å²) in [5.41, 5.74) is 2.57. The van der Waals surface area contributed by atoms with E-state index in [1.165, 1.54) is 0 Å². The average Bonchev–Trinajstić information content (AvgIpc) is 2.54. The molecule has 2 aromatic rings. The third-order valence-electron chi connectivity index (χ3n) is 3.24. The lowest BCUT2D eigenvalue weighted by molar-refractivity contribution is 0.249. The molecule has 1 unspecified atom stereocenters. The number of nitrogens with one attached hydrogen (secondary N) is 2. The number of benzene rings is 2. The van der Waals surface area contributed by atoms with Crippen molar-refractivity contribution in [2.45, 2.75) is 26.3 Å². The average molecular weight is 292 g/mol. The largest absolute Gasteiger partial charge is 0.335 e. The van der Waals surface area contributed by atoms with Gasteiger partial charge >= 0.3 is 6.03 Å². The highest BCUT2D eigenvalue weighted by Crippen LogP contribution is 2.10. The third-order valence-corrected chi connectivity index (χ3v) is 3.24. The highest BCUT2D eigenvalue weighted by molar-refractivity contribution is 5.89. The minimum atomic E-state index is -0.192. The summed E-state index contributed by atoms with van der Waals surface area (Å²) < 4.78 is 0. The Bertz CT molecular complexity index is 683. The first-order valence-electron chi connectivity index (χ1n) is 7.42. The Morgan fingerprint density at radius 1 is 1.05 bits per heavy atom. The van der Waals surface area contributed by atoms with Gasteiger partial charge in [-0.15, -0.1) is 0 Å². The van der Waals surface area contributed by atoms with E-state index in [4.69, 9.17) is 0 Å². The lowest BCUT2D eigenvalue weighted by Crippen LogP contribution is -2.35. The van der Waals surface area contributed by atoms with Crippen LogP contribution in [0.15, 0.2) is 54.6 Å². The van der Waals surface area contributed by atoms with Gasteiger partial charge in [-0.3, -0.25) is 0 Å². The summed E-state index contributed by atoms with van der Waals surface area (Å²) in [5.74, 6) is 6.21. The van der Waals surface area contributed by atoms with Crippen LogP contribution in [0.1, 0.15) is 31.4 Å². The predicted octanol–water partition coefficient (Wildman–Crippen LogP) is 4.01. The van der Waals surface area contributed by atoms with Crippen molar-refractivity contribution in [1.82, 2.24) is 5.32 Å². The summed E-state index contributed by atoms with van der Waals surface area (Å²) in [4.78, 5) is 11.8. The minimum absolute atomic E-state index is 0.154. The van der Waals surface area contributed by atoms with Crippen LogP contribution in [-0.4, -0.2) is 12.1 Å². The van der Waals surface area contributed by atoms with Crippen molar-refractivity contribution in [2.24, 2.45) is 0 Å². The Hall–Kier alpha value is -2.73. The molecule has 0 heterocycles. The minimum Gasteiger partial charge on any atom is -0.335 e. The summed E-state index contributed by atoms with van der Waals surface area (Å²) in [6.45, 7) is 4.01. The van der Waals surface area contributed by atoms with E-state index >= 15 is 0 Å². The first kappa shape index (κ1) is 15.7. The molecule has 2 N–H and O–H groups in total. The molecule has 0 fully saturated rings. The van der Waals surface area contributed by atoms with Crippen molar-refractivity contribution in [2.75, 3.05) is 5.32 Å². The van der Waals surface area contributed by atoms with Gasteiger partial charge in [0.25, 0.3) is 0 Å². The second-order valence-corrected chi connectivity index (χ2v) is 5.10. The maximum atomic E-state index is 11.8. The molecule has 3 nitrogen and oxygen atoms in total. The van der Waals surface area contributed by atoms with Gasteiger partial charge < -0.3 is 10.6 Å². The number of urea groups is 1. The molecule has 2 rings (SSSR count). The summed E-state index contributed by atoms with van der Waals surface area (Å²) in [6.07, 6.45) is 0.899. The van der Waals surface area contributed by atoms with Crippen LogP contribution in [0, 0.1) is 11.8 Å². The molecule has 112 valence electrons. The topological polar surface area (TPSA) is 41.1 Å². The molecular formula is C19H20N2O. The van der Waals surface area contributed by atoms with Gasteiger partial charge in [0.05, 0.1) is 0 Å². The van der Waals surface area contributed by atoms with Crippen LogP contribution in [0.25, 0.3) is 0 Å². The van der Waals surface area contributed by atoms with Crippen LogP contribution < -0.4 is 10.6 Å². The third kappa shape index (κ3) is 4.99. The first-order valence-corrected chi connectivity index (χ1v) is 7.42. The molecule has 0 bridgehead atoms. The number of carbonyl (C=O) groups excluding carboxylic acids is 1. The van der Waals surface area contributed by atoms with Crippen LogP contribution in [-0.2, 0) is 0 Å². The van der Waals surface area contributed by atoms with E-state index in [-0.39, 0.29) is 12.1 Å². The lowest BCUT2D eigenvalue weighted by atomic mass is 10.1. The van der Waals surface area contributed by atoms with E-state index in [1.807, 2.05) is 68.4 Å². The quantitative estimate of drug-likeness (QED) is 0.825. The van der Waals surface area contributed by atoms with Gasteiger partial charge in [-0.1, -0.05) is 43.0 Å². The summed E-state index contributed by atoms with van der Waals surface area (Å²) in [6, 6.07) is 17.3. The zero-order valence-electron chi connectivity index (χ0n) is 12.9. The number of carbonyl (C=O) groups is 1. The smallest absolute Gasteiger partial charge is 0.319 e. The van der Waals surface area contributed by atoms with E-state index in [2.05, 4.69) is 22.5 Å². The Labute approximate surface area is 131 Å². The van der Waals surface area contributed by atoms with Crippen LogP contribution in [0.3, 0.4) is 0 Å². The molecule has 0 radical (unpaired) electrons. The molecule has 0 saturated carbocycles. The highest BCUT2D eigenvalue weighted by Gasteiger charge is 2.05. The van der Waals surface area contributed by atoms with Crippen molar-refractivity contribution in [3.05, 3.63) is 65.7 Å². The van der Waals surface area contributed by atoms with Crippen molar-refractivity contribution in [3.8, 4) is 11.8 Å². The molecule has 3 heteroatoms. The number of hydrogen-bond acceptors (Lipinski definition) is 1. The van der Waals surface area contributed by atoms with Gasteiger partial charge in [-0.2, -0.15) is 0 Å². The van der Waals surface area contributed by atoms with Crippen molar-refractivity contribution in [3.63, 3.8) is 0 Å². The molecule has 2 aromatic carbocycles. The van der Waals surface area contributed by atoms with Crippen LogP contribution >= 0.6 is 0 Å². The van der Waals surface area contributed by atoms with Gasteiger partial charge in [0, 0.05) is 22.9 Å². The van der Waals surface area contributed by atoms with E-state index in [9.17, 15) is 4.79 Å². The molecule has 0 aromatic heterocycles. The Kier molecular flexibility index (Phi) is 5.62. The van der Waals surface area contributed by atoms with E-state index in [0.29, 0.717) is 0 Å². The zero-order valence-corrected chi connectivity index (χ0v) is 12.9. The Morgan fingerprint density at radius 2 is 1.73 bits per heavy atom. The standard InChI is InChI=1S/C19H20N2O/c1-3-15(2)20-19(22)21-18-11-7-10-17(14-18)13-12-16-8-5-4-6-9-16/h4-11,14-15H,3H2,1-2H3,(H2,20,21,22). The van der Waals surface area contributed by atoms with Crippen LogP contribution in [0.2, 0.25) is 0 Å². The van der Waals surface area contributed by atoms with Gasteiger partial charge in [-0.25, -0.2) is 4.79 Å². The molecule has 0 aliphatic heterocycles. The van der Waals surface area contributed by atoms with E-state index < -0.39 is 0 Å². The van der Waals surface area contributed by atoms with E-state index in [1.54, 1.807) is 0 Å². The number of rotatable bonds is 3. The number of amides is 2. The van der Waals surface area contributed by atoms with Gasteiger partial charge in [0.2, 0.25) is 0 Å². The molecule has 0 aliphatic rings. The van der Waals surface area contributed by atoms with Crippen molar-refractivity contribution >= 4 is 11.7 Å². The van der Waals surface area contributed by atoms with Gasteiger partial charge in [-0.05, 0) is 43.7 Å². The first-order chi connectivity index (χ1) is 10.7. The second kappa shape index (κ2) is 7.90. The molecule has 22 heavy (non-hydrogen) atoms. The van der Waals surface area contributed by atoms with Crippen molar-refractivity contribution in [1.29, 1.82) is 0 Å². The number of hydrogen-bond donors (Lipinski definition) is 2. The molecule has 1 atom stereocenters. The molecule has 0 aliphatic carbocycles. The molecule has 0 spiro atoms. The summed E-state index contributed by atoms with van der Waals surface area (Å²) >= 11 is 0. The van der Waals surface area contributed by atoms with Crippen molar-refractivity contribution < 1.29 is 4.79 Å². The number of anilines is 1. The fraction of sp³-hybridized carbons (Fsp3) is 0.211. The highest BCUT2D eigenvalue weighted by atomic mass is 16.2. The van der Waals surface area contributed by atoms with E-state index in [0.717, 1.165) is 23.2 Å². The van der Waals surface area contributed by atoms with Crippen LogP contribution in [0.5, 0.6) is 0 Å². The van der Waals surface area contributed by atoms with Gasteiger partial charge in [0.15, 0.2) is 0 Å². The normalized spacial score (nSPS) is 11.0. The fourth-order valence-corrected chi connectivity index (χ4v) is 1.83. The summed E-state index contributed by atoms with van der Waals surface area (Å²) in [5, 5.41) is 5.70. The molecule has 0 saturated heterocycles. The predicted molar refractivity (Wildman–Crippen MR) is 90.8 cm³/mol. The Balaban J connectivity index is 2.04. The maximum absolute atomic E-state index is 11.8. The molecular weight excluding hydrogens is 272 g/mol. The maximum Gasteiger partial charge on any atom is 0.319 e. The summed E-state index contributed by atoms with van der Waals surface area (Å²) in [7, 11) is 0. The SMILES string of the molecule is CCC(C)NC(=O)Nc1cccc(C#Cc2ccccc2)c1. The van der Waals surface area contributed by atoms with Gasteiger partial charge in [0.1, 0.15) is 0 Å². The zero-order chi connectivity index (χ0) is 15.8. The second-order valence-electron chi connectivity index (χ2n) is 5.10. The Morgan fingerprint density at radius 3 is 2.45 bits per heavy atom. The molecule has 2 amide bonds. The fourth-order valence-electron chi connectivity index (χ4n) is 1.83. The monoisotopic (exact) mass is 292 g/mol. The van der Waals surface area contributed by atoms with Crippen LogP contribution in [0.4, 0.5) is 10.5 Å². The lowest BCUT2D eigenvalue weighted by Gasteiger charge is -2.12.